The van der Waals surface area contributed by atoms with E-state index in [0.717, 1.165) is 0 Å². The van der Waals surface area contributed by atoms with Crippen LogP contribution in [0.25, 0.3) is 16.8 Å². The molecule has 1 aliphatic carbocycles. The molecule has 0 radical (unpaired) electrons. The first-order valence-corrected chi connectivity index (χ1v) is 6.96. The lowest BCUT2D eigenvalue weighted by Gasteiger charge is -2.28. The second kappa shape index (κ2) is 4.45. The predicted octanol–water partition coefficient (Wildman–Crippen LogP) is 3.65. The van der Waals surface area contributed by atoms with Crippen LogP contribution in [0.5, 0.6) is 0 Å². The van der Waals surface area contributed by atoms with E-state index in [4.69, 9.17) is 0 Å². The van der Waals surface area contributed by atoms with Gasteiger partial charge in [0, 0.05) is 23.5 Å². The molecule has 0 spiro atoms. The van der Waals surface area contributed by atoms with E-state index in [-0.39, 0.29) is 11.1 Å². The minimum Gasteiger partial charge on any atom is -0.372 e. The second-order valence-electron chi connectivity index (χ2n) is 5.43. The molecule has 0 aliphatic heterocycles. The smallest absolute Gasteiger partial charge is 0.372 e. The van der Waals surface area contributed by atoms with Gasteiger partial charge >= 0.3 is 6.18 Å². The van der Waals surface area contributed by atoms with Gasteiger partial charge in [-0.05, 0) is 29.3 Å². The van der Waals surface area contributed by atoms with Crippen LogP contribution in [0.15, 0.2) is 60.9 Å². The summed E-state index contributed by atoms with van der Waals surface area (Å²) in [4.78, 5) is 0. The Labute approximate surface area is 129 Å². The van der Waals surface area contributed by atoms with Crippen LogP contribution in [0, 0.1) is 0 Å². The molecule has 23 heavy (non-hydrogen) atoms. The summed E-state index contributed by atoms with van der Waals surface area (Å²) in [5.41, 5.74) is -2.07. The minimum absolute atomic E-state index is 0.139. The number of hydrogen-bond acceptors (Lipinski definition) is 2. The number of alkyl halides is 3. The van der Waals surface area contributed by atoms with Gasteiger partial charge in [0.2, 0.25) is 5.60 Å². The average molecular weight is 316 g/mol. The van der Waals surface area contributed by atoms with Gasteiger partial charge in [0.25, 0.3) is 0 Å². The lowest BCUT2D eigenvalue weighted by Crippen LogP contribution is -2.41. The number of aliphatic hydroxyl groups is 1. The van der Waals surface area contributed by atoms with Crippen molar-refractivity contribution in [2.75, 3.05) is 0 Å². The number of hydrogen-bond donors (Lipinski definition) is 1. The highest BCUT2D eigenvalue weighted by atomic mass is 19.4. The minimum atomic E-state index is -4.82. The van der Waals surface area contributed by atoms with Crippen LogP contribution in [0.3, 0.4) is 0 Å². The summed E-state index contributed by atoms with van der Waals surface area (Å²) in [7, 11) is 0. The number of benzene rings is 2. The summed E-state index contributed by atoms with van der Waals surface area (Å²) in [5, 5.41) is 14.6. The number of rotatable bonds is 1. The van der Waals surface area contributed by atoms with Gasteiger partial charge in [0.15, 0.2) is 0 Å². The molecule has 0 bridgehead atoms. The molecule has 1 heterocycles. The highest BCUT2D eigenvalue weighted by molar-refractivity contribution is 5.81. The van der Waals surface area contributed by atoms with Gasteiger partial charge in [-0.25, -0.2) is 4.68 Å². The molecular weight excluding hydrogens is 305 g/mol. The van der Waals surface area contributed by atoms with Gasteiger partial charge in [-0.2, -0.15) is 18.3 Å². The van der Waals surface area contributed by atoms with Crippen molar-refractivity contribution in [3.63, 3.8) is 0 Å². The Bertz CT molecular complexity index is 887. The molecule has 4 rings (SSSR count). The van der Waals surface area contributed by atoms with Crippen LogP contribution in [0.4, 0.5) is 13.2 Å². The Morgan fingerprint density at radius 2 is 1.70 bits per heavy atom. The third-order valence-corrected chi connectivity index (χ3v) is 4.18. The number of nitrogens with zero attached hydrogens (tertiary/aromatic N) is 2. The van der Waals surface area contributed by atoms with Crippen LogP contribution in [-0.4, -0.2) is 21.1 Å². The van der Waals surface area contributed by atoms with Crippen molar-refractivity contribution < 1.29 is 18.3 Å². The lowest BCUT2D eigenvalue weighted by atomic mass is 9.90. The normalized spacial score (nSPS) is 19.5. The van der Waals surface area contributed by atoms with Crippen LogP contribution < -0.4 is 0 Å². The Balaban J connectivity index is 2.02. The molecule has 1 atom stereocenters. The first-order valence-electron chi connectivity index (χ1n) is 6.96. The van der Waals surface area contributed by atoms with E-state index < -0.39 is 11.8 Å². The van der Waals surface area contributed by atoms with Crippen LogP contribution in [0.1, 0.15) is 11.1 Å². The molecule has 3 nitrogen and oxygen atoms in total. The van der Waals surface area contributed by atoms with E-state index in [1.807, 2.05) is 0 Å². The summed E-state index contributed by atoms with van der Waals surface area (Å²) in [5.74, 6) is 0. The molecule has 6 heteroatoms. The molecule has 1 aromatic heterocycles. The zero-order valence-electron chi connectivity index (χ0n) is 11.7. The summed E-state index contributed by atoms with van der Waals surface area (Å²) in [6.45, 7) is 0. The fraction of sp³-hybridized carbons (Fsp3) is 0.118. The first-order chi connectivity index (χ1) is 10.9. The molecule has 0 saturated carbocycles. The predicted molar refractivity (Wildman–Crippen MR) is 78.1 cm³/mol. The first kappa shape index (κ1) is 14.0. The maximum atomic E-state index is 13.7. The Morgan fingerprint density at radius 3 is 2.39 bits per heavy atom. The third-order valence-electron chi connectivity index (χ3n) is 4.18. The van der Waals surface area contributed by atoms with Crippen molar-refractivity contribution in [3.8, 4) is 16.8 Å². The van der Waals surface area contributed by atoms with Gasteiger partial charge in [0.1, 0.15) is 0 Å². The van der Waals surface area contributed by atoms with Crippen molar-refractivity contribution in [2.45, 2.75) is 11.8 Å². The topological polar surface area (TPSA) is 38.0 Å². The van der Waals surface area contributed by atoms with Gasteiger partial charge < -0.3 is 5.11 Å². The molecule has 0 amide bonds. The molecule has 0 saturated heterocycles. The average Bonchev–Trinajstić information content (AvgIpc) is 3.14. The van der Waals surface area contributed by atoms with Crippen molar-refractivity contribution in [1.82, 2.24) is 9.78 Å². The number of fused-ring (bicyclic) bond motifs is 3. The van der Waals surface area contributed by atoms with E-state index in [0.29, 0.717) is 16.8 Å². The summed E-state index contributed by atoms with van der Waals surface area (Å²) < 4.78 is 42.6. The van der Waals surface area contributed by atoms with E-state index in [2.05, 4.69) is 5.10 Å². The van der Waals surface area contributed by atoms with Crippen molar-refractivity contribution in [2.24, 2.45) is 0 Å². The van der Waals surface area contributed by atoms with Crippen molar-refractivity contribution in [1.29, 1.82) is 0 Å². The maximum absolute atomic E-state index is 13.7. The Hall–Kier alpha value is -2.60. The lowest BCUT2D eigenvalue weighted by molar-refractivity contribution is -0.246. The molecule has 1 N–H and O–H groups in total. The van der Waals surface area contributed by atoms with Gasteiger partial charge in [-0.1, -0.05) is 30.3 Å². The standard InChI is InChI=1S/C17H11F3N2O/c18-17(19,20)16(23)14-5-2-1-4-12(14)13-7-6-11(10-15(13)16)22-9-3-8-21-22/h1-10,23H. The molecule has 2 aromatic carbocycles. The SMILES string of the molecule is OC1(C(F)(F)F)c2ccccc2-c2ccc(-n3cccn3)cc21. The highest BCUT2D eigenvalue weighted by Crippen LogP contribution is 2.55. The molecule has 3 aromatic rings. The largest absolute Gasteiger partial charge is 0.425 e. The summed E-state index contributed by atoms with van der Waals surface area (Å²) >= 11 is 0. The molecular formula is C17H11F3N2O. The van der Waals surface area contributed by atoms with E-state index in [1.54, 1.807) is 36.5 Å². The molecule has 0 fully saturated rings. The Kier molecular flexibility index (Phi) is 2.72. The van der Waals surface area contributed by atoms with Crippen molar-refractivity contribution >= 4 is 0 Å². The fourth-order valence-corrected chi connectivity index (χ4v) is 3.11. The van der Waals surface area contributed by atoms with Gasteiger partial charge in [-0.15, -0.1) is 0 Å². The highest BCUT2D eigenvalue weighted by Gasteiger charge is 2.60. The third kappa shape index (κ3) is 1.78. The van der Waals surface area contributed by atoms with Crippen LogP contribution in [0.2, 0.25) is 0 Å². The van der Waals surface area contributed by atoms with Gasteiger partial charge in [-0.3, -0.25) is 0 Å². The van der Waals surface area contributed by atoms with E-state index in [1.165, 1.54) is 29.1 Å². The van der Waals surface area contributed by atoms with E-state index >= 15 is 0 Å². The van der Waals surface area contributed by atoms with Crippen LogP contribution >= 0.6 is 0 Å². The Morgan fingerprint density at radius 1 is 0.957 bits per heavy atom. The monoisotopic (exact) mass is 316 g/mol. The summed E-state index contributed by atoms with van der Waals surface area (Å²) in [6, 6.07) is 12.4. The van der Waals surface area contributed by atoms with Crippen molar-refractivity contribution in [3.05, 3.63) is 72.1 Å². The zero-order chi connectivity index (χ0) is 16.2. The fourth-order valence-electron chi connectivity index (χ4n) is 3.11. The quantitative estimate of drug-likeness (QED) is 0.744. The molecule has 1 aliphatic rings. The second-order valence-corrected chi connectivity index (χ2v) is 5.43. The molecule has 116 valence electrons. The number of halogens is 3. The molecule has 1 unspecified atom stereocenters. The number of aromatic nitrogens is 2. The van der Waals surface area contributed by atoms with E-state index in [9.17, 15) is 18.3 Å². The maximum Gasteiger partial charge on any atom is 0.425 e. The summed E-state index contributed by atoms with van der Waals surface area (Å²) in [6.07, 6.45) is -1.65. The van der Waals surface area contributed by atoms with Gasteiger partial charge in [0.05, 0.1) is 5.69 Å². The zero-order valence-corrected chi connectivity index (χ0v) is 11.7. The van der Waals surface area contributed by atoms with Crippen LogP contribution in [-0.2, 0) is 5.60 Å².